The van der Waals surface area contributed by atoms with Crippen molar-refractivity contribution in [2.45, 2.75) is 63.6 Å². The quantitative estimate of drug-likeness (QED) is 0.866. The van der Waals surface area contributed by atoms with E-state index in [0.29, 0.717) is 18.8 Å². The lowest BCUT2D eigenvalue weighted by atomic mass is 9.87. The van der Waals surface area contributed by atoms with Gasteiger partial charge < -0.3 is 10.6 Å². The fourth-order valence-corrected chi connectivity index (χ4v) is 2.88. The Hall–Kier alpha value is -1.85. The predicted molar refractivity (Wildman–Crippen MR) is 77.6 cm³/mol. The lowest BCUT2D eigenvalue weighted by Crippen LogP contribution is -2.62. The van der Waals surface area contributed by atoms with E-state index in [0.717, 1.165) is 0 Å². The number of nitrogens with one attached hydrogen (secondary N) is 2. The fraction of sp³-hybridized carbons (Fsp3) is 0.667. The summed E-state index contributed by atoms with van der Waals surface area (Å²) in [6.07, 6.45) is 7.42. The number of hydrogen-bond acceptors (Lipinski definition) is 3. The van der Waals surface area contributed by atoms with E-state index in [2.05, 4.69) is 15.7 Å². The van der Waals surface area contributed by atoms with E-state index in [1.165, 1.54) is 18.4 Å². The third-order valence-corrected chi connectivity index (χ3v) is 4.34. The van der Waals surface area contributed by atoms with Crippen LogP contribution in [0.4, 0.5) is 0 Å². The van der Waals surface area contributed by atoms with Crippen molar-refractivity contribution in [1.82, 2.24) is 20.4 Å². The first kappa shape index (κ1) is 14.1. The van der Waals surface area contributed by atoms with E-state index < -0.39 is 5.54 Å². The Kier molecular flexibility index (Phi) is 3.47. The van der Waals surface area contributed by atoms with Crippen molar-refractivity contribution in [3.05, 3.63) is 18.0 Å². The zero-order valence-electron chi connectivity index (χ0n) is 12.6. The van der Waals surface area contributed by atoms with E-state index in [-0.39, 0.29) is 24.4 Å². The number of aromatic nitrogens is 2. The van der Waals surface area contributed by atoms with Gasteiger partial charge in [0.25, 0.3) is 0 Å². The Bertz CT molecular complexity index is 560. The first-order valence-corrected chi connectivity index (χ1v) is 7.57. The second-order valence-electron chi connectivity index (χ2n) is 6.67. The maximum absolute atomic E-state index is 12.2. The molecule has 0 radical (unpaired) electrons. The van der Waals surface area contributed by atoms with Crippen LogP contribution in [-0.2, 0) is 16.1 Å². The summed E-state index contributed by atoms with van der Waals surface area (Å²) in [5.74, 6) is 0.635. The number of hydrogen-bond donors (Lipinski definition) is 2. The summed E-state index contributed by atoms with van der Waals surface area (Å²) in [5, 5.41) is 10.2. The van der Waals surface area contributed by atoms with Crippen molar-refractivity contribution in [3.63, 3.8) is 0 Å². The summed E-state index contributed by atoms with van der Waals surface area (Å²) < 4.78 is 1.69. The highest BCUT2D eigenvalue weighted by molar-refractivity contribution is 5.80. The molecule has 0 aromatic carbocycles. The van der Waals surface area contributed by atoms with Gasteiger partial charge in [0.2, 0.25) is 11.8 Å². The van der Waals surface area contributed by atoms with Crippen molar-refractivity contribution in [3.8, 4) is 0 Å². The first-order valence-electron chi connectivity index (χ1n) is 7.57. The molecule has 2 N–H and O–H groups in total. The maximum Gasteiger partial charge on any atom is 0.242 e. The maximum atomic E-state index is 12.2. The van der Waals surface area contributed by atoms with Gasteiger partial charge in [-0.1, -0.05) is 0 Å². The second-order valence-corrected chi connectivity index (χ2v) is 6.67. The first-order chi connectivity index (χ1) is 9.94. The molecule has 6 nitrogen and oxygen atoms in total. The molecular weight excluding hydrogens is 268 g/mol. The number of carbonyl (C=O) groups excluding carboxylic acids is 2. The molecular formula is C15H22N4O2. The molecule has 0 spiro atoms. The van der Waals surface area contributed by atoms with E-state index >= 15 is 0 Å². The molecule has 0 bridgehead atoms. The number of piperidine rings is 1. The van der Waals surface area contributed by atoms with Gasteiger partial charge in [0.15, 0.2) is 0 Å². The van der Waals surface area contributed by atoms with E-state index in [4.69, 9.17) is 0 Å². The van der Waals surface area contributed by atoms with Gasteiger partial charge in [-0.3, -0.25) is 14.3 Å². The normalized spacial score (nSPS) is 24.5. The summed E-state index contributed by atoms with van der Waals surface area (Å²) >= 11 is 0. The van der Waals surface area contributed by atoms with Gasteiger partial charge in [-0.15, -0.1) is 0 Å². The Labute approximate surface area is 124 Å². The Morgan fingerprint density at radius 2 is 2.24 bits per heavy atom. The predicted octanol–water partition coefficient (Wildman–Crippen LogP) is 0.934. The fourth-order valence-electron chi connectivity index (χ4n) is 2.88. The number of amides is 2. The standard InChI is InChI=1S/C15H22N4O2/c1-15(2)12(5-6-13(20)18-15)17-14(21)9-19-8-11(7-16-19)10-3-4-10/h7-8,10,12H,3-6,9H2,1-2H3,(H,17,21)(H,18,20). The second kappa shape index (κ2) is 5.16. The van der Waals surface area contributed by atoms with Crippen LogP contribution < -0.4 is 10.6 Å². The summed E-state index contributed by atoms with van der Waals surface area (Å²) in [6.45, 7) is 4.11. The Morgan fingerprint density at radius 1 is 1.48 bits per heavy atom. The molecule has 2 fully saturated rings. The van der Waals surface area contributed by atoms with Gasteiger partial charge in [-0.25, -0.2) is 0 Å². The van der Waals surface area contributed by atoms with Gasteiger partial charge in [0, 0.05) is 12.6 Å². The minimum absolute atomic E-state index is 0.0406. The van der Waals surface area contributed by atoms with Crippen LogP contribution in [0, 0.1) is 0 Å². The molecule has 2 aliphatic rings. The van der Waals surface area contributed by atoms with Crippen LogP contribution in [0.1, 0.15) is 51.0 Å². The molecule has 114 valence electrons. The van der Waals surface area contributed by atoms with Crippen LogP contribution in [0.2, 0.25) is 0 Å². The molecule has 1 saturated carbocycles. The average molecular weight is 290 g/mol. The van der Waals surface area contributed by atoms with Crippen molar-refractivity contribution in [2.75, 3.05) is 0 Å². The molecule has 1 aliphatic carbocycles. The van der Waals surface area contributed by atoms with Crippen LogP contribution in [0.3, 0.4) is 0 Å². The molecule has 2 amide bonds. The zero-order chi connectivity index (χ0) is 15.0. The van der Waals surface area contributed by atoms with Crippen LogP contribution in [0.5, 0.6) is 0 Å². The number of nitrogens with zero attached hydrogens (tertiary/aromatic N) is 2. The van der Waals surface area contributed by atoms with Gasteiger partial charge in [-0.05, 0) is 44.6 Å². The molecule has 1 atom stereocenters. The highest BCUT2D eigenvalue weighted by atomic mass is 16.2. The molecule has 21 heavy (non-hydrogen) atoms. The molecule has 2 heterocycles. The third kappa shape index (κ3) is 3.25. The SMILES string of the molecule is CC1(C)NC(=O)CCC1NC(=O)Cn1cc(C2CC2)cn1. The van der Waals surface area contributed by atoms with E-state index in [9.17, 15) is 9.59 Å². The van der Waals surface area contributed by atoms with Gasteiger partial charge in [0.1, 0.15) is 6.54 Å². The molecule has 1 aliphatic heterocycles. The minimum atomic E-state index is -0.408. The minimum Gasteiger partial charge on any atom is -0.349 e. The molecule has 1 aromatic heterocycles. The Morgan fingerprint density at radius 3 is 2.90 bits per heavy atom. The molecule has 3 rings (SSSR count). The largest absolute Gasteiger partial charge is 0.349 e. The van der Waals surface area contributed by atoms with Crippen LogP contribution >= 0.6 is 0 Å². The Balaban J connectivity index is 1.56. The molecule has 1 saturated heterocycles. The van der Waals surface area contributed by atoms with Gasteiger partial charge in [0.05, 0.1) is 17.8 Å². The van der Waals surface area contributed by atoms with Gasteiger partial charge >= 0.3 is 0 Å². The lowest BCUT2D eigenvalue weighted by Gasteiger charge is -2.39. The zero-order valence-corrected chi connectivity index (χ0v) is 12.6. The van der Waals surface area contributed by atoms with Crippen LogP contribution in [0.15, 0.2) is 12.4 Å². The van der Waals surface area contributed by atoms with Crippen molar-refractivity contribution < 1.29 is 9.59 Å². The number of carbonyl (C=O) groups is 2. The lowest BCUT2D eigenvalue weighted by molar-refractivity contribution is -0.129. The highest BCUT2D eigenvalue weighted by Crippen LogP contribution is 2.39. The highest BCUT2D eigenvalue weighted by Gasteiger charge is 2.36. The topological polar surface area (TPSA) is 76.0 Å². The number of rotatable bonds is 4. The van der Waals surface area contributed by atoms with Crippen LogP contribution in [-0.4, -0.2) is 33.2 Å². The smallest absolute Gasteiger partial charge is 0.242 e. The summed E-state index contributed by atoms with van der Waals surface area (Å²) in [7, 11) is 0. The van der Waals surface area contributed by atoms with E-state index in [1.54, 1.807) is 4.68 Å². The van der Waals surface area contributed by atoms with Crippen molar-refractivity contribution >= 4 is 11.8 Å². The van der Waals surface area contributed by atoms with Crippen molar-refractivity contribution in [2.24, 2.45) is 0 Å². The van der Waals surface area contributed by atoms with E-state index in [1.807, 2.05) is 26.2 Å². The van der Waals surface area contributed by atoms with Crippen molar-refractivity contribution in [1.29, 1.82) is 0 Å². The molecule has 1 aromatic rings. The summed E-state index contributed by atoms with van der Waals surface area (Å²) in [6, 6.07) is -0.0406. The third-order valence-electron chi connectivity index (χ3n) is 4.34. The molecule has 6 heteroatoms. The van der Waals surface area contributed by atoms with Crippen LogP contribution in [0.25, 0.3) is 0 Å². The van der Waals surface area contributed by atoms with Gasteiger partial charge in [-0.2, -0.15) is 5.10 Å². The summed E-state index contributed by atoms with van der Waals surface area (Å²) in [4.78, 5) is 23.6. The molecule has 1 unspecified atom stereocenters. The average Bonchev–Trinajstić information content (AvgIpc) is 3.14. The monoisotopic (exact) mass is 290 g/mol. The summed E-state index contributed by atoms with van der Waals surface area (Å²) in [5.41, 5.74) is 0.821.